The molecule has 1 heterocycles. The standard InChI is InChI=1S/C8H10O3S/c1-5(9)7(6(2)10)8-11-3-4-12-8/h3-4H2,1-2H3. The summed E-state index contributed by atoms with van der Waals surface area (Å²) in [6, 6.07) is 0. The Morgan fingerprint density at radius 2 is 1.92 bits per heavy atom. The number of carbonyl (C=O) groups excluding carboxylic acids is 2. The van der Waals surface area contributed by atoms with Gasteiger partial charge >= 0.3 is 0 Å². The van der Waals surface area contributed by atoms with Crippen molar-refractivity contribution in [3.8, 4) is 0 Å². The summed E-state index contributed by atoms with van der Waals surface area (Å²) in [5.74, 6) is 0.387. The second-order valence-corrected chi connectivity index (χ2v) is 3.54. The van der Waals surface area contributed by atoms with E-state index in [-0.39, 0.29) is 17.1 Å². The monoisotopic (exact) mass is 186 g/mol. The van der Waals surface area contributed by atoms with Crippen LogP contribution in [0.1, 0.15) is 13.8 Å². The van der Waals surface area contributed by atoms with Crippen LogP contribution in [0.5, 0.6) is 0 Å². The minimum atomic E-state index is -0.216. The molecule has 1 rings (SSSR count). The van der Waals surface area contributed by atoms with E-state index in [1.807, 2.05) is 0 Å². The highest BCUT2D eigenvalue weighted by molar-refractivity contribution is 8.03. The molecule has 0 radical (unpaired) electrons. The largest absolute Gasteiger partial charge is 0.486 e. The molecule has 0 aromatic heterocycles. The van der Waals surface area contributed by atoms with E-state index in [1.165, 1.54) is 25.6 Å². The second kappa shape index (κ2) is 3.76. The van der Waals surface area contributed by atoms with Gasteiger partial charge in [0, 0.05) is 5.75 Å². The summed E-state index contributed by atoms with van der Waals surface area (Å²) in [6.07, 6.45) is 0. The molecule has 1 aliphatic rings. The molecular formula is C8H10O3S. The van der Waals surface area contributed by atoms with E-state index < -0.39 is 0 Å². The van der Waals surface area contributed by atoms with Gasteiger partial charge in [-0.25, -0.2) is 0 Å². The summed E-state index contributed by atoms with van der Waals surface area (Å²) < 4.78 is 5.14. The zero-order valence-corrected chi connectivity index (χ0v) is 7.86. The van der Waals surface area contributed by atoms with Crippen LogP contribution in [-0.4, -0.2) is 23.9 Å². The average Bonchev–Trinajstić information content (AvgIpc) is 2.37. The average molecular weight is 186 g/mol. The summed E-state index contributed by atoms with van der Waals surface area (Å²) >= 11 is 1.42. The Hall–Kier alpha value is -0.770. The summed E-state index contributed by atoms with van der Waals surface area (Å²) in [6.45, 7) is 3.35. The number of carbonyl (C=O) groups is 2. The Balaban J connectivity index is 2.97. The van der Waals surface area contributed by atoms with Crippen LogP contribution >= 0.6 is 11.8 Å². The summed E-state index contributed by atoms with van der Waals surface area (Å²) in [4.78, 5) is 22.0. The number of hydrogen-bond acceptors (Lipinski definition) is 4. The van der Waals surface area contributed by atoms with Crippen molar-refractivity contribution in [1.82, 2.24) is 0 Å². The maximum atomic E-state index is 11.0. The number of Topliss-reactive ketones (excluding diaryl/α,β-unsaturated/α-hetero) is 2. The summed E-state index contributed by atoms with van der Waals surface area (Å²) in [5, 5.41) is 0.495. The number of thioether (sulfide) groups is 1. The molecular weight excluding hydrogens is 176 g/mol. The van der Waals surface area contributed by atoms with Gasteiger partial charge in [0.15, 0.2) is 16.7 Å². The third kappa shape index (κ3) is 1.88. The van der Waals surface area contributed by atoms with Gasteiger partial charge in [-0.15, -0.1) is 0 Å². The zero-order chi connectivity index (χ0) is 9.14. The normalized spacial score (nSPS) is 15.7. The third-order valence-corrected chi connectivity index (χ3v) is 2.41. The minimum absolute atomic E-state index is 0.206. The predicted molar refractivity (Wildman–Crippen MR) is 46.8 cm³/mol. The van der Waals surface area contributed by atoms with E-state index in [1.54, 1.807) is 0 Å². The fourth-order valence-electron chi connectivity index (χ4n) is 0.990. The molecule has 12 heavy (non-hydrogen) atoms. The van der Waals surface area contributed by atoms with Crippen LogP contribution in [0.3, 0.4) is 0 Å². The first-order valence-electron chi connectivity index (χ1n) is 3.64. The zero-order valence-electron chi connectivity index (χ0n) is 7.05. The Labute approximate surface area is 75.2 Å². The highest BCUT2D eigenvalue weighted by Gasteiger charge is 2.21. The number of ether oxygens (including phenoxy) is 1. The molecule has 1 saturated heterocycles. The van der Waals surface area contributed by atoms with E-state index in [2.05, 4.69) is 0 Å². The molecule has 3 nitrogen and oxygen atoms in total. The molecule has 0 bridgehead atoms. The Kier molecular flexibility index (Phi) is 2.92. The van der Waals surface area contributed by atoms with Crippen molar-refractivity contribution in [2.24, 2.45) is 0 Å². The molecule has 0 atom stereocenters. The van der Waals surface area contributed by atoms with Crippen LogP contribution in [0.25, 0.3) is 0 Å². The fourth-order valence-corrected chi connectivity index (χ4v) is 1.94. The molecule has 66 valence electrons. The van der Waals surface area contributed by atoms with Crippen LogP contribution in [0, 0.1) is 0 Å². The molecule has 1 fully saturated rings. The number of hydrogen-bond donors (Lipinski definition) is 0. The van der Waals surface area contributed by atoms with E-state index in [0.717, 1.165) is 5.75 Å². The summed E-state index contributed by atoms with van der Waals surface area (Å²) in [7, 11) is 0. The van der Waals surface area contributed by atoms with E-state index in [4.69, 9.17) is 4.74 Å². The molecule has 1 aliphatic heterocycles. The molecule has 0 aromatic rings. The van der Waals surface area contributed by atoms with Crippen molar-refractivity contribution < 1.29 is 14.3 Å². The van der Waals surface area contributed by atoms with Crippen LogP contribution in [0.4, 0.5) is 0 Å². The van der Waals surface area contributed by atoms with Crippen molar-refractivity contribution in [1.29, 1.82) is 0 Å². The first kappa shape index (κ1) is 9.32. The van der Waals surface area contributed by atoms with Crippen LogP contribution in [0.15, 0.2) is 10.7 Å². The van der Waals surface area contributed by atoms with E-state index in [9.17, 15) is 9.59 Å². The van der Waals surface area contributed by atoms with Gasteiger partial charge in [0.1, 0.15) is 5.57 Å². The minimum Gasteiger partial charge on any atom is -0.486 e. The fraction of sp³-hybridized carbons (Fsp3) is 0.500. The van der Waals surface area contributed by atoms with Gasteiger partial charge in [-0.2, -0.15) is 0 Å². The molecule has 0 unspecified atom stereocenters. The molecule has 0 aliphatic carbocycles. The molecule has 0 amide bonds. The van der Waals surface area contributed by atoms with E-state index >= 15 is 0 Å². The van der Waals surface area contributed by atoms with Crippen LogP contribution in [-0.2, 0) is 14.3 Å². The van der Waals surface area contributed by atoms with E-state index in [0.29, 0.717) is 11.7 Å². The smallest absolute Gasteiger partial charge is 0.167 e. The lowest BCUT2D eigenvalue weighted by Crippen LogP contribution is -2.08. The van der Waals surface area contributed by atoms with Crippen LogP contribution in [0.2, 0.25) is 0 Å². The van der Waals surface area contributed by atoms with Gasteiger partial charge in [-0.1, -0.05) is 11.8 Å². The second-order valence-electron chi connectivity index (χ2n) is 2.47. The Morgan fingerprint density at radius 3 is 2.25 bits per heavy atom. The maximum Gasteiger partial charge on any atom is 0.167 e. The third-order valence-electron chi connectivity index (χ3n) is 1.46. The number of allylic oxidation sites excluding steroid dienone is 1. The molecule has 4 heteroatoms. The molecule has 0 spiro atoms. The summed E-state index contributed by atoms with van der Waals surface area (Å²) in [5.41, 5.74) is 0.206. The van der Waals surface area contributed by atoms with Crippen LogP contribution < -0.4 is 0 Å². The first-order chi connectivity index (χ1) is 5.63. The lowest BCUT2D eigenvalue weighted by atomic mass is 10.1. The highest BCUT2D eigenvalue weighted by Crippen LogP contribution is 2.27. The maximum absolute atomic E-state index is 11.0. The quantitative estimate of drug-likeness (QED) is 0.368. The first-order valence-corrected chi connectivity index (χ1v) is 4.63. The van der Waals surface area contributed by atoms with Crippen molar-refractivity contribution in [3.05, 3.63) is 10.7 Å². The molecule has 0 aromatic carbocycles. The SMILES string of the molecule is CC(=O)C(C(C)=O)=C1OCCS1. The van der Waals surface area contributed by atoms with Gasteiger partial charge in [-0.05, 0) is 13.8 Å². The van der Waals surface area contributed by atoms with Crippen molar-refractivity contribution in [3.63, 3.8) is 0 Å². The number of ketones is 2. The highest BCUT2D eigenvalue weighted by atomic mass is 32.2. The predicted octanol–water partition coefficient (Wildman–Crippen LogP) is 1.14. The lowest BCUT2D eigenvalue weighted by molar-refractivity contribution is -0.119. The van der Waals surface area contributed by atoms with Crippen molar-refractivity contribution in [2.75, 3.05) is 12.4 Å². The number of rotatable bonds is 2. The van der Waals surface area contributed by atoms with Gasteiger partial charge in [0.25, 0.3) is 0 Å². The van der Waals surface area contributed by atoms with Gasteiger partial charge < -0.3 is 4.74 Å². The molecule has 0 N–H and O–H groups in total. The topological polar surface area (TPSA) is 43.4 Å². The molecule has 0 saturated carbocycles. The van der Waals surface area contributed by atoms with Crippen molar-refractivity contribution >= 4 is 23.3 Å². The Morgan fingerprint density at radius 1 is 1.33 bits per heavy atom. The van der Waals surface area contributed by atoms with Gasteiger partial charge in [0.2, 0.25) is 0 Å². The van der Waals surface area contributed by atoms with Gasteiger partial charge in [0.05, 0.1) is 6.61 Å². The van der Waals surface area contributed by atoms with Gasteiger partial charge in [-0.3, -0.25) is 9.59 Å². The lowest BCUT2D eigenvalue weighted by Gasteiger charge is -2.02. The van der Waals surface area contributed by atoms with Crippen molar-refractivity contribution in [2.45, 2.75) is 13.8 Å². The Bertz CT molecular complexity index is 231.